The quantitative estimate of drug-likeness (QED) is 0.773. The number of carboxylic acids is 1. The predicted octanol–water partition coefficient (Wildman–Crippen LogP) is 1.59. The van der Waals surface area contributed by atoms with Gasteiger partial charge < -0.3 is 10.0 Å². The summed E-state index contributed by atoms with van der Waals surface area (Å²) in [7, 11) is -3.24. The Balaban J connectivity index is 1.90. The fourth-order valence-corrected chi connectivity index (χ4v) is 4.73. The van der Waals surface area contributed by atoms with Crippen molar-refractivity contribution in [1.29, 1.82) is 0 Å². The molecule has 1 amide bonds. The number of hydrogen-bond donors (Lipinski definition) is 1. The maximum Gasteiger partial charge on any atom is 0.335 e. The van der Waals surface area contributed by atoms with Gasteiger partial charge in [0.1, 0.15) is 0 Å². The Kier molecular flexibility index (Phi) is 6.77. The highest BCUT2D eigenvalue weighted by atomic mass is 32.2. The van der Waals surface area contributed by atoms with E-state index in [0.29, 0.717) is 44.5 Å². The molecular weight excluding hydrogens is 356 g/mol. The number of carbonyl (C=O) groups excluding carboxylic acids is 1. The largest absolute Gasteiger partial charge is 0.478 e. The van der Waals surface area contributed by atoms with Crippen molar-refractivity contribution in [1.82, 2.24) is 9.21 Å². The second-order valence-electron chi connectivity index (χ2n) is 6.54. The highest BCUT2D eigenvalue weighted by Crippen LogP contribution is 2.20. The maximum absolute atomic E-state index is 12.4. The SMILES string of the molecule is CCN(C1CCN(C(=O)CCc2ccccc2C(=O)O)CC1)S(C)(=O)=O. The zero-order chi connectivity index (χ0) is 19.3. The van der Waals surface area contributed by atoms with Gasteiger partial charge in [-0.25, -0.2) is 13.2 Å². The van der Waals surface area contributed by atoms with E-state index in [1.807, 2.05) is 6.92 Å². The van der Waals surface area contributed by atoms with Crippen molar-refractivity contribution in [3.8, 4) is 0 Å². The van der Waals surface area contributed by atoms with Crippen LogP contribution in [0.15, 0.2) is 24.3 Å². The molecule has 0 aromatic heterocycles. The summed E-state index contributed by atoms with van der Waals surface area (Å²) in [5.41, 5.74) is 0.878. The summed E-state index contributed by atoms with van der Waals surface area (Å²) in [5.74, 6) is -1.01. The molecule has 0 atom stereocenters. The van der Waals surface area contributed by atoms with Gasteiger partial charge in [0.15, 0.2) is 0 Å². The summed E-state index contributed by atoms with van der Waals surface area (Å²) in [4.78, 5) is 25.4. The van der Waals surface area contributed by atoms with Gasteiger partial charge in [0.25, 0.3) is 0 Å². The van der Waals surface area contributed by atoms with Crippen molar-refractivity contribution < 1.29 is 23.1 Å². The second kappa shape index (κ2) is 8.64. The van der Waals surface area contributed by atoms with E-state index in [2.05, 4.69) is 0 Å². The van der Waals surface area contributed by atoms with E-state index in [-0.39, 0.29) is 23.9 Å². The molecule has 1 aromatic carbocycles. The van der Waals surface area contributed by atoms with Gasteiger partial charge in [-0.2, -0.15) is 4.31 Å². The highest BCUT2D eigenvalue weighted by Gasteiger charge is 2.30. The number of nitrogens with zero attached hydrogens (tertiary/aromatic N) is 2. The summed E-state index contributed by atoms with van der Waals surface area (Å²) in [6, 6.07) is 6.64. The first-order valence-electron chi connectivity index (χ1n) is 8.79. The number of rotatable bonds is 7. The molecule has 144 valence electrons. The number of aromatic carboxylic acids is 1. The molecule has 1 aromatic rings. The Morgan fingerprint density at radius 2 is 1.85 bits per heavy atom. The lowest BCUT2D eigenvalue weighted by molar-refractivity contribution is -0.132. The number of piperidine rings is 1. The molecule has 2 rings (SSSR count). The minimum absolute atomic E-state index is 0.0222. The second-order valence-corrected chi connectivity index (χ2v) is 8.48. The molecule has 0 saturated carbocycles. The van der Waals surface area contributed by atoms with Crippen LogP contribution < -0.4 is 0 Å². The number of sulfonamides is 1. The van der Waals surface area contributed by atoms with Gasteiger partial charge in [-0.05, 0) is 30.9 Å². The number of aryl methyl sites for hydroxylation is 1. The first-order chi connectivity index (χ1) is 12.2. The van der Waals surface area contributed by atoms with Crippen LogP contribution >= 0.6 is 0 Å². The number of amides is 1. The molecule has 0 unspecified atom stereocenters. The lowest BCUT2D eigenvalue weighted by atomic mass is 10.0. The first kappa shape index (κ1) is 20.4. The van der Waals surface area contributed by atoms with Crippen molar-refractivity contribution in [3.05, 3.63) is 35.4 Å². The zero-order valence-electron chi connectivity index (χ0n) is 15.2. The van der Waals surface area contributed by atoms with Crippen LogP contribution in [-0.2, 0) is 21.2 Å². The van der Waals surface area contributed by atoms with E-state index < -0.39 is 16.0 Å². The number of hydrogen-bond acceptors (Lipinski definition) is 4. The Morgan fingerprint density at radius 3 is 2.38 bits per heavy atom. The third kappa shape index (κ3) is 5.04. The summed E-state index contributed by atoms with van der Waals surface area (Å²) in [5, 5.41) is 9.20. The van der Waals surface area contributed by atoms with Crippen molar-refractivity contribution in [2.45, 2.75) is 38.6 Å². The molecule has 0 radical (unpaired) electrons. The molecular formula is C18H26N2O5S. The monoisotopic (exact) mass is 382 g/mol. The normalized spacial score (nSPS) is 16.0. The Hall–Kier alpha value is -1.93. The van der Waals surface area contributed by atoms with E-state index in [1.165, 1.54) is 16.6 Å². The van der Waals surface area contributed by atoms with E-state index in [9.17, 15) is 23.1 Å². The molecule has 0 bridgehead atoms. The van der Waals surface area contributed by atoms with Gasteiger partial charge in [0, 0.05) is 32.1 Å². The van der Waals surface area contributed by atoms with Crippen LogP contribution in [0, 0.1) is 0 Å². The lowest BCUT2D eigenvalue weighted by Crippen LogP contribution is -2.48. The summed E-state index contributed by atoms with van der Waals surface area (Å²) >= 11 is 0. The summed E-state index contributed by atoms with van der Waals surface area (Å²) in [6.07, 6.45) is 3.09. The van der Waals surface area contributed by atoms with Crippen LogP contribution in [0.1, 0.15) is 42.1 Å². The zero-order valence-corrected chi connectivity index (χ0v) is 16.0. The third-order valence-electron chi connectivity index (χ3n) is 4.82. The maximum atomic E-state index is 12.4. The van der Waals surface area contributed by atoms with Crippen LogP contribution in [0.2, 0.25) is 0 Å². The van der Waals surface area contributed by atoms with Gasteiger partial charge in [-0.15, -0.1) is 0 Å². The lowest BCUT2D eigenvalue weighted by Gasteiger charge is -2.37. The number of benzene rings is 1. The van der Waals surface area contributed by atoms with Crippen molar-refractivity contribution in [3.63, 3.8) is 0 Å². The Labute approximate surface area is 154 Å². The highest BCUT2D eigenvalue weighted by molar-refractivity contribution is 7.88. The van der Waals surface area contributed by atoms with Gasteiger partial charge >= 0.3 is 5.97 Å². The van der Waals surface area contributed by atoms with Gasteiger partial charge in [-0.3, -0.25) is 4.79 Å². The van der Waals surface area contributed by atoms with E-state index in [1.54, 1.807) is 23.1 Å². The Morgan fingerprint density at radius 1 is 1.23 bits per heavy atom. The Bertz CT molecular complexity index is 755. The third-order valence-corrected chi connectivity index (χ3v) is 6.23. The van der Waals surface area contributed by atoms with Gasteiger partial charge in [0.2, 0.25) is 15.9 Å². The smallest absolute Gasteiger partial charge is 0.335 e. The van der Waals surface area contributed by atoms with Crippen molar-refractivity contribution in [2.75, 3.05) is 25.9 Å². The predicted molar refractivity (Wildman–Crippen MR) is 98.5 cm³/mol. The van der Waals surface area contributed by atoms with Gasteiger partial charge in [-0.1, -0.05) is 25.1 Å². The number of likely N-dealkylation sites (tertiary alicyclic amines) is 1. The molecule has 1 N–H and O–H groups in total. The molecule has 0 aliphatic carbocycles. The van der Waals surface area contributed by atoms with E-state index in [4.69, 9.17) is 0 Å². The minimum Gasteiger partial charge on any atom is -0.478 e. The van der Waals surface area contributed by atoms with Crippen molar-refractivity contribution in [2.24, 2.45) is 0 Å². The van der Waals surface area contributed by atoms with Gasteiger partial charge in [0.05, 0.1) is 11.8 Å². The van der Waals surface area contributed by atoms with Crippen LogP contribution in [-0.4, -0.2) is 66.5 Å². The topological polar surface area (TPSA) is 95.0 Å². The fraction of sp³-hybridized carbons (Fsp3) is 0.556. The average molecular weight is 382 g/mol. The first-order valence-corrected chi connectivity index (χ1v) is 10.6. The summed E-state index contributed by atoms with van der Waals surface area (Å²) in [6.45, 7) is 3.30. The van der Waals surface area contributed by atoms with E-state index >= 15 is 0 Å². The molecule has 7 nitrogen and oxygen atoms in total. The molecule has 26 heavy (non-hydrogen) atoms. The number of carboxylic acid groups (broad SMARTS) is 1. The average Bonchev–Trinajstić information content (AvgIpc) is 2.59. The van der Waals surface area contributed by atoms with Crippen LogP contribution in [0.3, 0.4) is 0 Å². The van der Waals surface area contributed by atoms with Crippen LogP contribution in [0.25, 0.3) is 0 Å². The fourth-order valence-electron chi connectivity index (χ4n) is 3.51. The summed E-state index contributed by atoms with van der Waals surface area (Å²) < 4.78 is 25.1. The molecule has 1 heterocycles. The molecule has 1 saturated heterocycles. The van der Waals surface area contributed by atoms with Crippen molar-refractivity contribution >= 4 is 21.9 Å². The molecule has 1 aliphatic heterocycles. The molecule has 1 fully saturated rings. The molecule has 8 heteroatoms. The van der Waals surface area contributed by atoms with E-state index in [0.717, 1.165) is 0 Å². The standard InChI is InChI=1S/C18H26N2O5S/c1-3-20(26(2,24)25)15-10-12-19(13-11-15)17(21)9-8-14-6-4-5-7-16(14)18(22)23/h4-7,15H,3,8-13H2,1-2H3,(H,22,23). The number of carbonyl (C=O) groups is 2. The molecule has 0 spiro atoms. The molecule has 1 aliphatic rings. The minimum atomic E-state index is -3.24. The van der Waals surface area contributed by atoms with Crippen LogP contribution in [0.5, 0.6) is 0 Å². The van der Waals surface area contributed by atoms with Crippen LogP contribution in [0.4, 0.5) is 0 Å².